The lowest BCUT2D eigenvalue weighted by Crippen LogP contribution is -2.15. The topological polar surface area (TPSA) is 18.5 Å². The molecule has 0 aliphatic heterocycles. The van der Waals surface area contributed by atoms with Gasteiger partial charge in [-0.05, 0) is 69.6 Å². The fourth-order valence-electron chi connectivity index (χ4n) is 4.02. The van der Waals surface area contributed by atoms with Gasteiger partial charge in [0, 0.05) is 27.4 Å². The van der Waals surface area contributed by atoms with E-state index in [9.17, 15) is 0 Å². The highest BCUT2D eigenvalue weighted by Gasteiger charge is 2.48. The van der Waals surface area contributed by atoms with Crippen LogP contribution in [0.5, 0.6) is 0 Å². The normalized spacial score (nSPS) is 35.3. The Morgan fingerprint density at radius 3 is 1.50 bits per heavy atom. The zero-order valence-electron chi connectivity index (χ0n) is 12.8. The van der Waals surface area contributed by atoms with Crippen molar-refractivity contribution in [2.45, 2.75) is 52.4 Å². The molecule has 2 nitrogen and oxygen atoms in total. The van der Waals surface area contributed by atoms with Gasteiger partial charge < -0.3 is 9.47 Å². The Bertz CT molecular complexity index is 181. The van der Waals surface area contributed by atoms with Crippen LogP contribution in [0.4, 0.5) is 0 Å². The maximum Gasteiger partial charge on any atom is 0.0433 e. The molecule has 0 radical (unpaired) electrons. The van der Waals surface area contributed by atoms with Crippen LogP contribution >= 0.6 is 0 Å². The second-order valence-electron chi connectivity index (χ2n) is 5.75. The quantitative estimate of drug-likeness (QED) is 0.739. The second-order valence-corrected chi connectivity index (χ2v) is 5.75. The zero-order chi connectivity index (χ0) is 13.4. The Balaban J connectivity index is 0.000000174. The molecule has 0 aromatic rings. The van der Waals surface area contributed by atoms with Gasteiger partial charge in [0.25, 0.3) is 0 Å². The molecular weight excluding hydrogens is 224 g/mol. The highest BCUT2D eigenvalue weighted by molar-refractivity contribution is 4.98. The van der Waals surface area contributed by atoms with Crippen LogP contribution in [0.25, 0.3) is 0 Å². The van der Waals surface area contributed by atoms with Gasteiger partial charge in [-0.1, -0.05) is 6.42 Å². The molecule has 4 unspecified atom stereocenters. The second kappa shape index (κ2) is 8.92. The maximum atomic E-state index is 4.54. The summed E-state index contributed by atoms with van der Waals surface area (Å²) in [6.45, 7) is 5.56. The average Bonchev–Trinajstić information content (AvgIpc) is 3.11. The molecule has 3 saturated carbocycles. The summed E-state index contributed by atoms with van der Waals surface area (Å²) in [5, 5.41) is 0. The van der Waals surface area contributed by atoms with E-state index in [1.54, 1.807) is 52.7 Å². The van der Waals surface area contributed by atoms with Crippen LogP contribution in [-0.4, -0.2) is 27.4 Å². The van der Waals surface area contributed by atoms with Gasteiger partial charge in [0.15, 0.2) is 0 Å². The summed E-state index contributed by atoms with van der Waals surface area (Å²) in [7, 11) is 3.36. The molecule has 108 valence electrons. The van der Waals surface area contributed by atoms with Crippen molar-refractivity contribution in [3.05, 3.63) is 0 Å². The standard InChI is InChI=1S/C10H16.2C3H8O/c1-2-9-7-4-5-8(6-7)10(9)3-1;2*1-3-4-2/h7-10H,1-6H2;2*3H2,1-2H3. The summed E-state index contributed by atoms with van der Waals surface area (Å²) in [5.41, 5.74) is 0. The molecule has 0 aromatic heterocycles. The van der Waals surface area contributed by atoms with Crippen LogP contribution in [0.1, 0.15) is 52.4 Å². The van der Waals surface area contributed by atoms with Crippen molar-refractivity contribution in [2.75, 3.05) is 27.4 Å². The Hall–Kier alpha value is -0.0800. The average molecular weight is 256 g/mol. The molecule has 0 amide bonds. The predicted octanol–water partition coefficient (Wildman–Crippen LogP) is 4.14. The molecule has 0 aromatic carbocycles. The van der Waals surface area contributed by atoms with E-state index in [-0.39, 0.29) is 0 Å². The third-order valence-corrected chi connectivity index (χ3v) is 4.93. The van der Waals surface area contributed by atoms with E-state index in [1.165, 1.54) is 23.7 Å². The Kier molecular flexibility index (Phi) is 7.92. The van der Waals surface area contributed by atoms with Gasteiger partial charge in [-0.3, -0.25) is 0 Å². The van der Waals surface area contributed by atoms with E-state index in [1.807, 2.05) is 13.8 Å². The lowest BCUT2D eigenvalue weighted by Gasteiger charge is -2.23. The summed E-state index contributed by atoms with van der Waals surface area (Å²) in [4.78, 5) is 0. The fourth-order valence-corrected chi connectivity index (χ4v) is 4.02. The largest absolute Gasteiger partial charge is 0.385 e. The van der Waals surface area contributed by atoms with E-state index >= 15 is 0 Å². The van der Waals surface area contributed by atoms with Crippen LogP contribution in [0.2, 0.25) is 0 Å². The van der Waals surface area contributed by atoms with Gasteiger partial charge in [0.05, 0.1) is 0 Å². The maximum absolute atomic E-state index is 4.54. The van der Waals surface area contributed by atoms with Gasteiger partial charge in [-0.25, -0.2) is 0 Å². The number of hydrogen-bond donors (Lipinski definition) is 0. The van der Waals surface area contributed by atoms with Crippen LogP contribution < -0.4 is 0 Å². The number of ether oxygens (including phenoxy) is 2. The Morgan fingerprint density at radius 2 is 1.17 bits per heavy atom. The molecule has 3 rings (SSSR count). The van der Waals surface area contributed by atoms with Crippen molar-refractivity contribution in [2.24, 2.45) is 23.7 Å². The van der Waals surface area contributed by atoms with Gasteiger partial charge in [0.2, 0.25) is 0 Å². The summed E-state index contributed by atoms with van der Waals surface area (Å²) >= 11 is 0. The molecule has 4 atom stereocenters. The summed E-state index contributed by atoms with van der Waals surface area (Å²) in [6.07, 6.45) is 9.53. The van der Waals surface area contributed by atoms with Crippen molar-refractivity contribution in [3.8, 4) is 0 Å². The van der Waals surface area contributed by atoms with Gasteiger partial charge in [-0.15, -0.1) is 0 Å². The third kappa shape index (κ3) is 4.24. The molecule has 3 aliphatic carbocycles. The molecule has 0 heterocycles. The van der Waals surface area contributed by atoms with E-state index in [0.717, 1.165) is 13.2 Å². The highest BCUT2D eigenvalue weighted by atomic mass is 16.5. The number of rotatable bonds is 2. The Labute approximate surface area is 113 Å². The summed E-state index contributed by atoms with van der Waals surface area (Å²) in [5.74, 6) is 4.80. The molecule has 3 aliphatic rings. The molecule has 2 bridgehead atoms. The first kappa shape index (κ1) is 16.0. The van der Waals surface area contributed by atoms with Crippen LogP contribution in [0.3, 0.4) is 0 Å². The monoisotopic (exact) mass is 256 g/mol. The van der Waals surface area contributed by atoms with Crippen molar-refractivity contribution >= 4 is 0 Å². The first-order valence-corrected chi connectivity index (χ1v) is 7.76. The van der Waals surface area contributed by atoms with Crippen molar-refractivity contribution in [3.63, 3.8) is 0 Å². The molecule has 0 N–H and O–H groups in total. The number of fused-ring (bicyclic) bond motifs is 5. The fraction of sp³-hybridized carbons (Fsp3) is 1.00. The highest BCUT2D eigenvalue weighted by Crippen LogP contribution is 2.58. The predicted molar refractivity (Wildman–Crippen MR) is 76.8 cm³/mol. The molecule has 0 saturated heterocycles. The molecule has 3 fully saturated rings. The van der Waals surface area contributed by atoms with Gasteiger partial charge >= 0.3 is 0 Å². The molecule has 18 heavy (non-hydrogen) atoms. The van der Waals surface area contributed by atoms with Crippen LogP contribution in [-0.2, 0) is 9.47 Å². The third-order valence-electron chi connectivity index (χ3n) is 4.93. The minimum absolute atomic E-state index is 0.819. The molecule has 2 heteroatoms. The lowest BCUT2D eigenvalue weighted by atomic mass is 9.82. The zero-order valence-corrected chi connectivity index (χ0v) is 12.8. The lowest BCUT2D eigenvalue weighted by molar-refractivity contribution is 0.215. The SMILES string of the molecule is C1CC2C3CCC(C3)C2C1.CCOC.CCOC. The van der Waals surface area contributed by atoms with E-state index in [4.69, 9.17) is 0 Å². The van der Waals surface area contributed by atoms with E-state index in [2.05, 4.69) is 9.47 Å². The smallest absolute Gasteiger partial charge is 0.0433 e. The van der Waals surface area contributed by atoms with Crippen molar-refractivity contribution in [1.82, 2.24) is 0 Å². The number of methoxy groups -OCH3 is 2. The Morgan fingerprint density at radius 1 is 0.778 bits per heavy atom. The first-order chi connectivity index (χ1) is 8.78. The number of hydrogen-bond acceptors (Lipinski definition) is 2. The van der Waals surface area contributed by atoms with Crippen LogP contribution in [0, 0.1) is 23.7 Å². The minimum Gasteiger partial charge on any atom is -0.385 e. The summed E-state index contributed by atoms with van der Waals surface area (Å²) < 4.78 is 9.08. The first-order valence-electron chi connectivity index (χ1n) is 7.76. The van der Waals surface area contributed by atoms with E-state index < -0.39 is 0 Å². The van der Waals surface area contributed by atoms with Crippen molar-refractivity contribution < 1.29 is 9.47 Å². The van der Waals surface area contributed by atoms with Crippen molar-refractivity contribution in [1.29, 1.82) is 0 Å². The van der Waals surface area contributed by atoms with E-state index in [0.29, 0.717) is 0 Å². The molecular formula is C16H32O2. The van der Waals surface area contributed by atoms with Gasteiger partial charge in [0.1, 0.15) is 0 Å². The minimum atomic E-state index is 0.819. The van der Waals surface area contributed by atoms with Gasteiger partial charge in [-0.2, -0.15) is 0 Å². The molecule has 0 spiro atoms. The summed E-state index contributed by atoms with van der Waals surface area (Å²) in [6, 6.07) is 0. The van der Waals surface area contributed by atoms with Crippen LogP contribution in [0.15, 0.2) is 0 Å².